The average Bonchev–Trinajstić information content (AvgIpc) is 2.82. The number of hydrogen-bond donors (Lipinski definition) is 2. The molecule has 30 heavy (non-hydrogen) atoms. The number of aromatic nitrogens is 2. The Kier molecular flexibility index (Phi) is 6.34. The summed E-state index contributed by atoms with van der Waals surface area (Å²) in [7, 11) is 0. The number of hydrogen-bond acceptors (Lipinski definition) is 8. The molecule has 0 spiro atoms. The zero-order chi connectivity index (χ0) is 23.1. The summed E-state index contributed by atoms with van der Waals surface area (Å²) in [5.74, 6) is -1.10. The number of H-pyrrole nitrogens is 1. The summed E-state index contributed by atoms with van der Waals surface area (Å²) in [5, 5.41) is 11.2. The highest BCUT2D eigenvalue weighted by atomic mass is 16.6. The van der Waals surface area contributed by atoms with Crippen LogP contribution in [0.15, 0.2) is 21.9 Å². The van der Waals surface area contributed by atoms with Gasteiger partial charge < -0.3 is 19.3 Å². The van der Waals surface area contributed by atoms with Crippen LogP contribution in [-0.4, -0.2) is 51.0 Å². The summed E-state index contributed by atoms with van der Waals surface area (Å²) in [6, 6.07) is 1.10. The second-order valence-electron chi connectivity index (χ2n) is 9.69. The van der Waals surface area contributed by atoms with Gasteiger partial charge in [0, 0.05) is 12.3 Å². The highest BCUT2D eigenvalue weighted by molar-refractivity contribution is 5.76. The van der Waals surface area contributed by atoms with Gasteiger partial charge in [0.2, 0.25) is 0 Å². The van der Waals surface area contributed by atoms with E-state index in [1.807, 2.05) is 0 Å². The van der Waals surface area contributed by atoms with E-state index in [0.717, 1.165) is 10.6 Å². The first-order valence-corrected chi connectivity index (χ1v) is 9.63. The van der Waals surface area contributed by atoms with Crippen LogP contribution in [0.5, 0.6) is 0 Å². The van der Waals surface area contributed by atoms with Gasteiger partial charge in [-0.1, -0.05) is 0 Å². The molecule has 10 heteroatoms. The number of ether oxygens (including phenoxy) is 3. The first-order valence-electron chi connectivity index (χ1n) is 9.63. The Morgan fingerprint density at radius 3 is 2.23 bits per heavy atom. The van der Waals surface area contributed by atoms with Crippen molar-refractivity contribution in [1.29, 1.82) is 0 Å². The highest BCUT2D eigenvalue weighted by Gasteiger charge is 2.57. The van der Waals surface area contributed by atoms with E-state index in [1.165, 1.54) is 13.1 Å². The molecule has 2 N–H and O–H groups in total. The van der Waals surface area contributed by atoms with Crippen molar-refractivity contribution in [2.24, 2.45) is 10.8 Å². The Labute approximate surface area is 174 Å². The predicted molar refractivity (Wildman–Crippen MR) is 106 cm³/mol. The Hall–Kier alpha value is -2.46. The highest BCUT2D eigenvalue weighted by Crippen LogP contribution is 2.40. The molecule has 1 saturated heterocycles. The average molecular weight is 426 g/mol. The fourth-order valence-corrected chi connectivity index (χ4v) is 2.84. The maximum absolute atomic E-state index is 12.5. The van der Waals surface area contributed by atoms with Crippen molar-refractivity contribution < 1.29 is 28.9 Å². The second-order valence-corrected chi connectivity index (χ2v) is 9.69. The van der Waals surface area contributed by atoms with Crippen molar-refractivity contribution in [2.75, 3.05) is 6.61 Å². The second kappa shape index (κ2) is 7.99. The third-order valence-corrected chi connectivity index (χ3v) is 4.66. The molecule has 1 aliphatic heterocycles. The van der Waals surface area contributed by atoms with Crippen LogP contribution in [0.1, 0.15) is 54.7 Å². The number of carbonyl (C=O) groups is 2. The maximum atomic E-state index is 12.5. The van der Waals surface area contributed by atoms with Crippen molar-refractivity contribution >= 4 is 11.9 Å². The molecular formula is C20H30N2O8. The molecule has 168 valence electrons. The number of nitrogens with one attached hydrogen (secondary N) is 1. The van der Waals surface area contributed by atoms with Crippen molar-refractivity contribution in [3.63, 3.8) is 0 Å². The third-order valence-electron chi connectivity index (χ3n) is 4.66. The van der Waals surface area contributed by atoms with Crippen molar-refractivity contribution in [3.8, 4) is 0 Å². The van der Waals surface area contributed by atoms with Gasteiger partial charge in [-0.15, -0.1) is 0 Å². The first-order chi connectivity index (χ1) is 13.5. The SMILES string of the molecule is CC(C)(C)C(=O)OCC1OC(n2ccc(=O)[nH]c2=O)[C@@](C)(O)[C@@H]1OC(=O)C(C)(C)C. The number of carbonyl (C=O) groups excluding carboxylic acids is 2. The van der Waals surface area contributed by atoms with E-state index in [0.29, 0.717) is 0 Å². The van der Waals surface area contributed by atoms with Crippen LogP contribution in [0.3, 0.4) is 0 Å². The smallest absolute Gasteiger partial charge is 0.330 e. The Bertz CT molecular complexity index is 916. The van der Waals surface area contributed by atoms with Gasteiger partial charge in [0.15, 0.2) is 12.3 Å². The molecule has 0 aliphatic carbocycles. The van der Waals surface area contributed by atoms with Gasteiger partial charge >= 0.3 is 17.6 Å². The van der Waals surface area contributed by atoms with Crippen molar-refractivity contribution in [2.45, 2.75) is 72.5 Å². The standard InChI is InChI=1S/C20H30N2O8/c1-18(2,3)15(24)28-10-11-13(30-16(25)19(4,5)6)20(7,27)14(29-11)22-9-8-12(23)21-17(22)26/h8-9,11,13-14,27H,10H2,1-7H3,(H,21,23,26)/t11?,13-,14?,20+/m1/s1. The summed E-state index contributed by atoms with van der Waals surface area (Å²) >= 11 is 0. The van der Waals surface area contributed by atoms with E-state index >= 15 is 0 Å². The van der Waals surface area contributed by atoms with E-state index in [2.05, 4.69) is 4.98 Å². The topological polar surface area (TPSA) is 137 Å². The Morgan fingerprint density at radius 2 is 1.73 bits per heavy atom. The lowest BCUT2D eigenvalue weighted by Gasteiger charge is -2.32. The number of esters is 2. The van der Waals surface area contributed by atoms with Crippen molar-refractivity contribution in [1.82, 2.24) is 9.55 Å². The molecule has 0 aromatic carbocycles. The molecule has 0 radical (unpaired) electrons. The monoisotopic (exact) mass is 426 g/mol. The fourth-order valence-electron chi connectivity index (χ4n) is 2.84. The van der Waals surface area contributed by atoms with Crippen LogP contribution in [0.4, 0.5) is 0 Å². The van der Waals surface area contributed by atoms with Crippen molar-refractivity contribution in [3.05, 3.63) is 33.1 Å². The molecule has 1 aliphatic rings. The van der Waals surface area contributed by atoms with E-state index in [9.17, 15) is 24.3 Å². The molecule has 0 bridgehead atoms. The quantitative estimate of drug-likeness (QED) is 0.673. The molecule has 2 rings (SSSR count). The van der Waals surface area contributed by atoms with E-state index in [4.69, 9.17) is 14.2 Å². The lowest BCUT2D eigenvalue weighted by atomic mass is 9.93. The first kappa shape index (κ1) is 23.8. The minimum atomic E-state index is -1.86. The van der Waals surface area contributed by atoms with Gasteiger partial charge in [0.25, 0.3) is 5.56 Å². The number of aliphatic hydroxyl groups is 1. The summed E-state index contributed by atoms with van der Waals surface area (Å²) in [6.07, 6.45) is -2.40. The predicted octanol–water partition coefficient (Wildman–Crippen LogP) is 0.732. The van der Waals surface area contributed by atoms with Crippen LogP contribution in [0, 0.1) is 10.8 Å². The zero-order valence-electron chi connectivity index (χ0n) is 18.3. The fraction of sp³-hybridized carbons (Fsp3) is 0.700. The van der Waals surface area contributed by atoms with E-state index in [-0.39, 0.29) is 6.61 Å². The van der Waals surface area contributed by atoms with Gasteiger partial charge in [-0.25, -0.2) is 4.79 Å². The van der Waals surface area contributed by atoms with Gasteiger partial charge in [0.05, 0.1) is 10.8 Å². The number of aromatic amines is 1. The third kappa shape index (κ3) is 4.99. The summed E-state index contributed by atoms with van der Waals surface area (Å²) in [4.78, 5) is 50.4. The summed E-state index contributed by atoms with van der Waals surface area (Å²) < 4.78 is 17.6. The molecular weight excluding hydrogens is 396 g/mol. The molecule has 1 aromatic heterocycles. The summed E-state index contributed by atoms with van der Waals surface area (Å²) in [5.41, 5.74) is -4.91. The Balaban J connectivity index is 2.39. The van der Waals surface area contributed by atoms with Gasteiger partial charge in [-0.3, -0.25) is 23.9 Å². The van der Waals surface area contributed by atoms with Gasteiger partial charge in [-0.2, -0.15) is 0 Å². The molecule has 4 atom stereocenters. The van der Waals surface area contributed by atoms with Crippen LogP contribution in [0.2, 0.25) is 0 Å². The minimum absolute atomic E-state index is 0.303. The minimum Gasteiger partial charge on any atom is -0.462 e. The van der Waals surface area contributed by atoms with Crippen LogP contribution in [0.25, 0.3) is 0 Å². The van der Waals surface area contributed by atoms with E-state index in [1.54, 1.807) is 41.5 Å². The molecule has 0 saturated carbocycles. The number of nitrogens with zero attached hydrogens (tertiary/aromatic N) is 1. The normalized spacial score (nSPS) is 27.0. The van der Waals surface area contributed by atoms with Gasteiger partial charge in [-0.05, 0) is 48.5 Å². The van der Waals surface area contributed by atoms with Crippen LogP contribution in [-0.2, 0) is 23.8 Å². The van der Waals surface area contributed by atoms with Crippen LogP contribution < -0.4 is 11.2 Å². The van der Waals surface area contributed by atoms with E-state index < -0.39 is 58.1 Å². The summed E-state index contributed by atoms with van der Waals surface area (Å²) in [6.45, 7) is 11.0. The lowest BCUT2D eigenvalue weighted by molar-refractivity contribution is -0.175. The van der Waals surface area contributed by atoms with Crippen LogP contribution >= 0.6 is 0 Å². The molecule has 0 amide bonds. The Morgan fingerprint density at radius 1 is 1.17 bits per heavy atom. The number of rotatable bonds is 4. The lowest BCUT2D eigenvalue weighted by Crippen LogP contribution is -2.50. The maximum Gasteiger partial charge on any atom is 0.330 e. The molecule has 1 fully saturated rings. The zero-order valence-corrected chi connectivity index (χ0v) is 18.3. The molecule has 10 nitrogen and oxygen atoms in total. The molecule has 2 unspecified atom stereocenters. The van der Waals surface area contributed by atoms with Gasteiger partial charge in [0.1, 0.15) is 18.3 Å². The molecule has 1 aromatic rings. The largest absolute Gasteiger partial charge is 0.462 e. The molecule has 2 heterocycles.